The molecule has 2 aromatic rings. The molecular weight excluding hydrogens is 376 g/mol. The lowest BCUT2D eigenvalue weighted by atomic mass is 10.2. The van der Waals surface area contributed by atoms with Gasteiger partial charge in [0.25, 0.3) is 0 Å². The highest BCUT2D eigenvalue weighted by Gasteiger charge is 2.23. The van der Waals surface area contributed by atoms with Crippen LogP contribution in [0, 0.1) is 0 Å². The van der Waals surface area contributed by atoms with Gasteiger partial charge in [-0.3, -0.25) is 4.79 Å². The van der Waals surface area contributed by atoms with E-state index in [1.807, 2.05) is 0 Å². The average Bonchev–Trinajstić information content (AvgIpc) is 2.61. The Bertz CT molecular complexity index is 869. The van der Waals surface area contributed by atoms with E-state index in [9.17, 15) is 13.2 Å². The van der Waals surface area contributed by atoms with E-state index in [1.54, 1.807) is 62.7 Å². The Kier molecular flexibility index (Phi) is 6.63. The summed E-state index contributed by atoms with van der Waals surface area (Å²) in [5, 5.41) is 0.563. The zero-order valence-electron chi connectivity index (χ0n) is 14.8. The first-order chi connectivity index (χ1) is 12.2. The third kappa shape index (κ3) is 5.45. The number of ether oxygens (including phenoxy) is 1. The number of nitrogens with zero attached hydrogens (tertiary/aromatic N) is 2. The van der Waals surface area contributed by atoms with Crippen LogP contribution in [0.1, 0.15) is 5.56 Å². The molecule has 26 heavy (non-hydrogen) atoms. The molecule has 6 nitrogen and oxygen atoms in total. The molecule has 0 fully saturated rings. The first-order valence-electron chi connectivity index (χ1n) is 7.81. The van der Waals surface area contributed by atoms with E-state index in [4.69, 9.17) is 16.3 Å². The van der Waals surface area contributed by atoms with Crippen LogP contribution in [0.25, 0.3) is 0 Å². The van der Waals surface area contributed by atoms with Crippen LogP contribution in [0.3, 0.4) is 0 Å². The molecular formula is C18H21ClN2O4S. The Morgan fingerprint density at radius 1 is 1.15 bits per heavy atom. The molecule has 0 saturated carbocycles. The summed E-state index contributed by atoms with van der Waals surface area (Å²) in [7, 11) is -0.431. The number of methoxy groups -OCH3 is 1. The summed E-state index contributed by atoms with van der Waals surface area (Å²) >= 11 is 5.85. The second-order valence-corrected chi connectivity index (χ2v) is 8.23. The summed E-state index contributed by atoms with van der Waals surface area (Å²) in [5.41, 5.74) is 1.37. The van der Waals surface area contributed by atoms with Crippen molar-refractivity contribution in [1.29, 1.82) is 0 Å². The summed E-state index contributed by atoms with van der Waals surface area (Å²) in [6.45, 7) is -0.178. The fraction of sp³-hybridized carbons (Fsp3) is 0.278. The highest BCUT2D eigenvalue weighted by molar-refractivity contribution is 7.88. The second kappa shape index (κ2) is 8.53. The van der Waals surface area contributed by atoms with Crippen LogP contribution >= 0.6 is 11.6 Å². The maximum absolute atomic E-state index is 12.6. The van der Waals surface area contributed by atoms with Crippen LogP contribution in [-0.2, 0) is 21.4 Å². The zero-order valence-corrected chi connectivity index (χ0v) is 16.4. The number of sulfonamides is 1. The van der Waals surface area contributed by atoms with E-state index in [-0.39, 0.29) is 19.0 Å². The van der Waals surface area contributed by atoms with Gasteiger partial charge in [-0.1, -0.05) is 29.8 Å². The van der Waals surface area contributed by atoms with E-state index < -0.39 is 10.0 Å². The number of halogens is 1. The minimum Gasteiger partial charge on any atom is -0.497 e. The van der Waals surface area contributed by atoms with Gasteiger partial charge in [0.15, 0.2) is 0 Å². The van der Waals surface area contributed by atoms with Crippen LogP contribution in [0.15, 0.2) is 48.5 Å². The molecule has 0 aliphatic rings. The smallest absolute Gasteiger partial charge is 0.242 e. The van der Waals surface area contributed by atoms with E-state index in [0.29, 0.717) is 16.5 Å². The van der Waals surface area contributed by atoms with Crippen molar-refractivity contribution in [3.8, 4) is 5.75 Å². The number of hydrogen-bond acceptors (Lipinski definition) is 4. The van der Waals surface area contributed by atoms with E-state index >= 15 is 0 Å². The van der Waals surface area contributed by atoms with Gasteiger partial charge in [-0.05, 0) is 29.8 Å². The van der Waals surface area contributed by atoms with Crippen LogP contribution in [0.5, 0.6) is 5.75 Å². The summed E-state index contributed by atoms with van der Waals surface area (Å²) in [4.78, 5) is 14.0. The normalized spacial score (nSPS) is 11.4. The topological polar surface area (TPSA) is 66.9 Å². The van der Waals surface area contributed by atoms with Crippen molar-refractivity contribution in [3.05, 3.63) is 59.1 Å². The number of carbonyl (C=O) groups is 1. The molecule has 1 amide bonds. The van der Waals surface area contributed by atoms with Crippen molar-refractivity contribution in [2.75, 3.05) is 31.9 Å². The van der Waals surface area contributed by atoms with Gasteiger partial charge in [0.2, 0.25) is 15.9 Å². The molecule has 2 rings (SSSR count). The van der Waals surface area contributed by atoms with Gasteiger partial charge >= 0.3 is 0 Å². The molecule has 0 unspecified atom stereocenters. The van der Waals surface area contributed by atoms with Crippen molar-refractivity contribution in [1.82, 2.24) is 4.31 Å². The van der Waals surface area contributed by atoms with Crippen LogP contribution in [-0.4, -0.2) is 45.6 Å². The SMILES string of the molecule is COc1cccc(N(C)C(=O)CN(Cc2ccc(Cl)cc2)S(C)(=O)=O)c1. The molecule has 2 aromatic carbocycles. The first-order valence-corrected chi connectivity index (χ1v) is 10.0. The molecule has 140 valence electrons. The molecule has 0 heterocycles. The quantitative estimate of drug-likeness (QED) is 0.721. The number of amides is 1. The lowest BCUT2D eigenvalue weighted by molar-refractivity contribution is -0.118. The molecule has 0 radical (unpaired) electrons. The molecule has 0 spiro atoms. The van der Waals surface area contributed by atoms with Crippen LogP contribution < -0.4 is 9.64 Å². The second-order valence-electron chi connectivity index (χ2n) is 5.81. The molecule has 0 saturated heterocycles. The predicted molar refractivity (Wildman–Crippen MR) is 103 cm³/mol. The Labute approximate surface area is 159 Å². The first kappa shape index (κ1) is 20.2. The third-order valence-corrected chi connectivity index (χ3v) is 5.32. The predicted octanol–water partition coefficient (Wildman–Crippen LogP) is 2.77. The molecule has 0 aliphatic heterocycles. The zero-order chi connectivity index (χ0) is 19.3. The summed E-state index contributed by atoms with van der Waals surface area (Å²) < 4.78 is 30.5. The number of hydrogen-bond donors (Lipinski definition) is 0. The van der Waals surface area contributed by atoms with Gasteiger partial charge in [-0.15, -0.1) is 0 Å². The molecule has 0 aromatic heterocycles. The number of benzene rings is 2. The van der Waals surface area contributed by atoms with Crippen molar-refractivity contribution in [2.24, 2.45) is 0 Å². The van der Waals surface area contributed by atoms with Crippen molar-refractivity contribution < 1.29 is 17.9 Å². The molecule has 0 bridgehead atoms. The Balaban J connectivity index is 2.16. The van der Waals surface area contributed by atoms with Gasteiger partial charge in [0, 0.05) is 30.4 Å². The molecule has 0 N–H and O–H groups in total. The van der Waals surface area contributed by atoms with E-state index in [1.165, 1.54) is 4.90 Å². The minimum atomic E-state index is -3.57. The monoisotopic (exact) mass is 396 g/mol. The largest absolute Gasteiger partial charge is 0.497 e. The van der Waals surface area contributed by atoms with Gasteiger partial charge in [-0.25, -0.2) is 8.42 Å². The molecule has 0 atom stereocenters. The van der Waals surface area contributed by atoms with Gasteiger partial charge in [0.1, 0.15) is 5.75 Å². The van der Waals surface area contributed by atoms with Crippen molar-refractivity contribution >= 4 is 33.2 Å². The maximum atomic E-state index is 12.6. The van der Waals surface area contributed by atoms with Gasteiger partial charge in [-0.2, -0.15) is 4.31 Å². The summed E-state index contributed by atoms with van der Waals surface area (Å²) in [5.74, 6) is 0.265. The van der Waals surface area contributed by atoms with Gasteiger partial charge in [0.05, 0.1) is 19.9 Å². The van der Waals surface area contributed by atoms with Crippen LogP contribution in [0.2, 0.25) is 5.02 Å². The number of carbonyl (C=O) groups excluding carboxylic acids is 1. The molecule has 0 aliphatic carbocycles. The number of rotatable bonds is 7. The summed E-state index contributed by atoms with van der Waals surface area (Å²) in [6, 6.07) is 13.8. The molecule has 8 heteroatoms. The fourth-order valence-electron chi connectivity index (χ4n) is 2.30. The Hall–Kier alpha value is -2.09. The van der Waals surface area contributed by atoms with Gasteiger partial charge < -0.3 is 9.64 Å². The highest BCUT2D eigenvalue weighted by Crippen LogP contribution is 2.20. The Morgan fingerprint density at radius 3 is 2.38 bits per heavy atom. The average molecular weight is 397 g/mol. The fourth-order valence-corrected chi connectivity index (χ4v) is 3.16. The lowest BCUT2D eigenvalue weighted by Gasteiger charge is -2.24. The highest BCUT2D eigenvalue weighted by atomic mass is 35.5. The lowest BCUT2D eigenvalue weighted by Crippen LogP contribution is -2.40. The minimum absolute atomic E-state index is 0.0910. The van der Waals surface area contributed by atoms with E-state index in [2.05, 4.69) is 0 Å². The summed E-state index contributed by atoms with van der Waals surface area (Å²) in [6.07, 6.45) is 1.09. The Morgan fingerprint density at radius 2 is 1.81 bits per heavy atom. The van der Waals surface area contributed by atoms with Crippen molar-refractivity contribution in [3.63, 3.8) is 0 Å². The number of likely N-dealkylation sites (N-methyl/N-ethyl adjacent to an activating group) is 1. The standard InChI is InChI=1S/C18H21ClN2O4S/c1-20(16-5-4-6-17(11-16)25-2)18(22)13-21(26(3,23)24)12-14-7-9-15(19)10-8-14/h4-11H,12-13H2,1-3H3. The maximum Gasteiger partial charge on any atom is 0.242 e. The van der Waals surface area contributed by atoms with E-state index in [0.717, 1.165) is 16.1 Å². The van der Waals surface area contributed by atoms with Crippen LogP contribution in [0.4, 0.5) is 5.69 Å². The number of anilines is 1. The third-order valence-electron chi connectivity index (χ3n) is 3.87. The van der Waals surface area contributed by atoms with Crippen molar-refractivity contribution in [2.45, 2.75) is 6.54 Å².